The zero-order valence-corrected chi connectivity index (χ0v) is 17.0. The van der Waals surface area contributed by atoms with Crippen molar-refractivity contribution in [3.63, 3.8) is 0 Å². The smallest absolute Gasteiger partial charge is 0.128 e. The molecule has 0 bridgehead atoms. The van der Waals surface area contributed by atoms with Crippen LogP contribution in [0, 0.1) is 0 Å². The van der Waals surface area contributed by atoms with E-state index in [9.17, 15) is 0 Å². The highest BCUT2D eigenvalue weighted by molar-refractivity contribution is 9.10. The number of thioether (sulfide) groups is 1. The van der Waals surface area contributed by atoms with E-state index in [1.807, 2.05) is 30.3 Å². The zero-order valence-electron chi connectivity index (χ0n) is 13.8. The van der Waals surface area contributed by atoms with Crippen LogP contribution in [-0.4, -0.2) is 22.3 Å². The molecule has 0 saturated heterocycles. The third-order valence-corrected chi connectivity index (χ3v) is 6.19. The van der Waals surface area contributed by atoms with Crippen molar-refractivity contribution in [3.05, 3.63) is 70.8 Å². The lowest BCUT2D eigenvalue weighted by atomic mass is 10.1. The first-order valence-electron chi connectivity index (χ1n) is 8.10. The Morgan fingerprint density at radius 2 is 1.81 bits per heavy atom. The maximum Gasteiger partial charge on any atom is 0.128 e. The molecule has 0 unspecified atom stereocenters. The van der Waals surface area contributed by atoms with Gasteiger partial charge in [-0.05, 0) is 29.8 Å². The molecule has 26 heavy (non-hydrogen) atoms. The molecule has 4 aromatic rings. The van der Waals surface area contributed by atoms with Crippen LogP contribution in [0.25, 0.3) is 21.3 Å². The standard InChI is InChI=1S/C20H15BrN2OS2/c21-15-8-6-14(7-9-15)17-12-26-20-18(17)19(22-13-23-20)25-11-10-24-16-4-2-1-3-5-16/h1-9,12-13H,10-11H2. The Balaban J connectivity index is 1.53. The average Bonchev–Trinajstić information content (AvgIpc) is 3.12. The van der Waals surface area contributed by atoms with Crippen molar-refractivity contribution in [2.75, 3.05) is 12.4 Å². The van der Waals surface area contributed by atoms with Crippen molar-refractivity contribution < 1.29 is 4.74 Å². The monoisotopic (exact) mass is 442 g/mol. The summed E-state index contributed by atoms with van der Waals surface area (Å²) >= 11 is 6.86. The third kappa shape index (κ3) is 3.92. The summed E-state index contributed by atoms with van der Waals surface area (Å²) in [6, 6.07) is 18.2. The minimum Gasteiger partial charge on any atom is -0.493 e. The van der Waals surface area contributed by atoms with Crippen LogP contribution in [-0.2, 0) is 0 Å². The SMILES string of the molecule is Brc1ccc(-c2csc3ncnc(SCCOc4ccccc4)c23)cc1. The number of benzene rings is 2. The van der Waals surface area contributed by atoms with Gasteiger partial charge in [-0.1, -0.05) is 46.3 Å². The molecule has 0 amide bonds. The molecule has 4 rings (SSSR count). The van der Waals surface area contributed by atoms with Crippen LogP contribution >= 0.6 is 39.0 Å². The van der Waals surface area contributed by atoms with Crippen molar-refractivity contribution in [2.45, 2.75) is 5.03 Å². The lowest BCUT2D eigenvalue weighted by Gasteiger charge is -2.07. The van der Waals surface area contributed by atoms with E-state index in [1.54, 1.807) is 29.4 Å². The molecule has 0 aliphatic heterocycles. The second-order valence-electron chi connectivity index (χ2n) is 5.53. The van der Waals surface area contributed by atoms with E-state index in [-0.39, 0.29) is 0 Å². The van der Waals surface area contributed by atoms with E-state index in [1.165, 1.54) is 11.1 Å². The van der Waals surface area contributed by atoms with Gasteiger partial charge in [0, 0.05) is 21.2 Å². The van der Waals surface area contributed by atoms with E-state index in [2.05, 4.69) is 55.5 Å². The minimum absolute atomic E-state index is 0.637. The summed E-state index contributed by atoms with van der Waals surface area (Å²) in [5, 5.41) is 4.29. The highest BCUT2D eigenvalue weighted by atomic mass is 79.9. The summed E-state index contributed by atoms with van der Waals surface area (Å²) in [5.74, 6) is 1.73. The Kier molecular flexibility index (Phi) is 5.53. The number of halogens is 1. The molecule has 130 valence electrons. The molecular weight excluding hydrogens is 428 g/mol. The quantitative estimate of drug-likeness (QED) is 0.199. The molecule has 2 aromatic carbocycles. The lowest BCUT2D eigenvalue weighted by Crippen LogP contribution is -2.00. The average molecular weight is 443 g/mol. The lowest BCUT2D eigenvalue weighted by molar-refractivity contribution is 0.344. The number of hydrogen-bond donors (Lipinski definition) is 0. The van der Waals surface area contributed by atoms with Crippen LogP contribution in [0.15, 0.2) is 75.8 Å². The van der Waals surface area contributed by atoms with Gasteiger partial charge >= 0.3 is 0 Å². The first kappa shape index (κ1) is 17.5. The van der Waals surface area contributed by atoms with Crippen LogP contribution in [0.2, 0.25) is 0 Å². The first-order valence-corrected chi connectivity index (χ1v) is 10.8. The molecule has 2 heterocycles. The Hall–Kier alpha value is -1.89. The molecule has 0 aliphatic rings. The van der Waals surface area contributed by atoms with Crippen LogP contribution in [0.1, 0.15) is 0 Å². The number of hydrogen-bond acceptors (Lipinski definition) is 5. The third-order valence-electron chi connectivity index (χ3n) is 3.82. The fourth-order valence-corrected chi connectivity index (χ4v) is 4.69. The number of nitrogens with zero attached hydrogens (tertiary/aromatic N) is 2. The van der Waals surface area contributed by atoms with Gasteiger partial charge in [-0.15, -0.1) is 23.1 Å². The highest BCUT2D eigenvalue weighted by Crippen LogP contribution is 2.38. The summed E-state index contributed by atoms with van der Waals surface area (Å²) in [6.45, 7) is 0.637. The largest absolute Gasteiger partial charge is 0.493 e. The predicted molar refractivity (Wildman–Crippen MR) is 113 cm³/mol. The van der Waals surface area contributed by atoms with Gasteiger partial charge < -0.3 is 4.74 Å². The van der Waals surface area contributed by atoms with Gasteiger partial charge in [0.1, 0.15) is 21.9 Å². The first-order chi connectivity index (χ1) is 12.8. The molecule has 0 spiro atoms. The normalized spacial score (nSPS) is 11.0. The van der Waals surface area contributed by atoms with Crippen LogP contribution < -0.4 is 4.74 Å². The fourth-order valence-electron chi connectivity index (χ4n) is 2.61. The Labute approximate surface area is 168 Å². The van der Waals surface area contributed by atoms with Crippen LogP contribution in [0.5, 0.6) is 5.75 Å². The van der Waals surface area contributed by atoms with Gasteiger partial charge in [-0.25, -0.2) is 9.97 Å². The van der Waals surface area contributed by atoms with Gasteiger partial charge in [0.25, 0.3) is 0 Å². The summed E-state index contributed by atoms with van der Waals surface area (Å²) < 4.78 is 6.86. The number of thiophene rings is 1. The van der Waals surface area contributed by atoms with E-state index >= 15 is 0 Å². The maximum absolute atomic E-state index is 5.78. The Bertz CT molecular complexity index is 1000. The topological polar surface area (TPSA) is 35.0 Å². The number of rotatable bonds is 6. The molecule has 3 nitrogen and oxygen atoms in total. The van der Waals surface area contributed by atoms with Crippen LogP contribution in [0.3, 0.4) is 0 Å². The second kappa shape index (κ2) is 8.20. The number of aromatic nitrogens is 2. The van der Waals surface area contributed by atoms with E-state index in [4.69, 9.17) is 4.74 Å². The number of para-hydroxylation sites is 1. The van der Waals surface area contributed by atoms with Gasteiger partial charge in [0.05, 0.1) is 12.0 Å². The molecule has 0 atom stereocenters. The summed E-state index contributed by atoms with van der Waals surface area (Å²) in [4.78, 5) is 9.97. The van der Waals surface area contributed by atoms with Gasteiger partial charge in [0.2, 0.25) is 0 Å². The van der Waals surface area contributed by atoms with Crippen LogP contribution in [0.4, 0.5) is 0 Å². The maximum atomic E-state index is 5.78. The molecule has 2 aromatic heterocycles. The molecule has 0 saturated carbocycles. The number of fused-ring (bicyclic) bond motifs is 1. The minimum atomic E-state index is 0.637. The summed E-state index contributed by atoms with van der Waals surface area (Å²) in [7, 11) is 0. The molecule has 6 heteroatoms. The Morgan fingerprint density at radius 1 is 1.00 bits per heavy atom. The summed E-state index contributed by atoms with van der Waals surface area (Å²) in [5.41, 5.74) is 2.36. The molecule has 0 radical (unpaired) electrons. The van der Waals surface area contributed by atoms with E-state index in [0.29, 0.717) is 6.61 Å². The van der Waals surface area contributed by atoms with Crippen molar-refractivity contribution in [2.24, 2.45) is 0 Å². The van der Waals surface area contributed by atoms with Gasteiger partial charge in [-0.3, -0.25) is 0 Å². The second-order valence-corrected chi connectivity index (χ2v) is 8.38. The molecule has 0 fully saturated rings. The highest BCUT2D eigenvalue weighted by Gasteiger charge is 2.13. The van der Waals surface area contributed by atoms with Gasteiger partial charge in [-0.2, -0.15) is 0 Å². The van der Waals surface area contributed by atoms with Gasteiger partial charge in [0.15, 0.2) is 0 Å². The number of ether oxygens (including phenoxy) is 1. The van der Waals surface area contributed by atoms with Crippen molar-refractivity contribution >= 4 is 49.2 Å². The molecule has 0 N–H and O–H groups in total. The summed E-state index contributed by atoms with van der Waals surface area (Å²) in [6.07, 6.45) is 1.64. The fraction of sp³-hybridized carbons (Fsp3) is 0.100. The van der Waals surface area contributed by atoms with E-state index < -0.39 is 0 Å². The molecular formula is C20H15BrN2OS2. The predicted octanol–water partition coefficient (Wildman–Crippen LogP) is 6.29. The van der Waals surface area contributed by atoms with E-state index in [0.717, 1.165) is 31.2 Å². The van der Waals surface area contributed by atoms with Crippen molar-refractivity contribution in [1.29, 1.82) is 0 Å². The molecule has 0 aliphatic carbocycles. The van der Waals surface area contributed by atoms with Crippen molar-refractivity contribution in [3.8, 4) is 16.9 Å². The zero-order chi connectivity index (χ0) is 17.8. The Morgan fingerprint density at radius 3 is 2.62 bits per heavy atom. The van der Waals surface area contributed by atoms with Crippen molar-refractivity contribution in [1.82, 2.24) is 9.97 Å².